The fraction of sp³-hybridized carbons (Fsp3) is 0.423. The van der Waals surface area contributed by atoms with E-state index in [2.05, 4.69) is 15.3 Å². The molecule has 2 aromatic heterocycles. The molecule has 1 aromatic carbocycles. The summed E-state index contributed by atoms with van der Waals surface area (Å²) < 4.78 is 73.0. The van der Waals surface area contributed by atoms with Crippen molar-refractivity contribution in [2.24, 2.45) is 0 Å². The molecule has 208 valence electrons. The second-order valence-electron chi connectivity index (χ2n) is 10.1. The lowest BCUT2D eigenvalue weighted by Gasteiger charge is -2.37. The standard InChI is InChI=1S/C26H28F3N5O4S/c1-14(2)30-7-8-38-23-20(33-39(36,37)25(28)29)9-15(12-32-23)16-10-17-19(11-18(16)27)31-13-21-22(17)26(5-4-6-26)24(35)34(21)3/h9-14,25,30,33H,4-8H2,1-3H3. The number of carbonyl (C=O) groups excluding carboxylic acids is 1. The Labute approximate surface area is 223 Å². The molecule has 2 N–H and O–H groups in total. The van der Waals surface area contributed by atoms with Crippen molar-refractivity contribution in [1.82, 2.24) is 15.3 Å². The molecular weight excluding hydrogens is 535 g/mol. The van der Waals surface area contributed by atoms with Gasteiger partial charge in [0.1, 0.15) is 18.1 Å². The van der Waals surface area contributed by atoms with E-state index in [1.165, 1.54) is 18.3 Å². The average Bonchev–Trinajstić information content (AvgIpc) is 3.08. The first-order valence-corrected chi connectivity index (χ1v) is 14.1. The number of hydrogen-bond donors (Lipinski definition) is 2. The number of pyridine rings is 2. The normalized spacial score (nSPS) is 16.3. The molecule has 3 aromatic rings. The highest BCUT2D eigenvalue weighted by molar-refractivity contribution is 7.93. The fourth-order valence-electron chi connectivity index (χ4n) is 5.19. The van der Waals surface area contributed by atoms with E-state index in [1.807, 2.05) is 18.6 Å². The highest BCUT2D eigenvalue weighted by atomic mass is 32.2. The summed E-state index contributed by atoms with van der Waals surface area (Å²) in [5.74, 6) is -4.62. The van der Waals surface area contributed by atoms with Gasteiger partial charge < -0.3 is 15.0 Å². The number of rotatable bonds is 9. The summed E-state index contributed by atoms with van der Waals surface area (Å²) >= 11 is 0. The summed E-state index contributed by atoms with van der Waals surface area (Å²) in [5.41, 5.74) is 0.966. The summed E-state index contributed by atoms with van der Waals surface area (Å²) in [6, 6.07) is 4.17. The van der Waals surface area contributed by atoms with Crippen LogP contribution in [0.25, 0.3) is 22.0 Å². The second kappa shape index (κ2) is 9.94. The van der Waals surface area contributed by atoms with Gasteiger partial charge in [0.2, 0.25) is 11.8 Å². The maximum absolute atomic E-state index is 15.4. The van der Waals surface area contributed by atoms with E-state index >= 15 is 4.39 Å². The molecule has 9 nitrogen and oxygen atoms in total. The fourth-order valence-corrected chi connectivity index (χ4v) is 5.74. The maximum Gasteiger partial charge on any atom is 0.355 e. The van der Waals surface area contributed by atoms with Crippen molar-refractivity contribution >= 4 is 38.2 Å². The van der Waals surface area contributed by atoms with Gasteiger partial charge in [-0.1, -0.05) is 20.3 Å². The number of anilines is 2. The molecule has 0 radical (unpaired) electrons. The zero-order valence-electron chi connectivity index (χ0n) is 21.6. The first kappa shape index (κ1) is 27.1. The van der Waals surface area contributed by atoms with Crippen LogP contribution >= 0.6 is 0 Å². The number of sulfonamides is 1. The zero-order chi connectivity index (χ0) is 28.1. The number of carbonyl (C=O) groups is 1. The summed E-state index contributed by atoms with van der Waals surface area (Å²) in [5, 5.41) is 3.71. The number of hydrogen-bond acceptors (Lipinski definition) is 7. The Kier molecular flexibility index (Phi) is 6.91. The molecule has 3 heterocycles. The largest absolute Gasteiger partial charge is 0.475 e. The third-order valence-electron chi connectivity index (χ3n) is 7.24. The van der Waals surface area contributed by atoms with Crippen molar-refractivity contribution in [1.29, 1.82) is 0 Å². The van der Waals surface area contributed by atoms with Crippen molar-refractivity contribution in [2.75, 3.05) is 29.8 Å². The van der Waals surface area contributed by atoms with Crippen LogP contribution in [0.3, 0.4) is 0 Å². The Morgan fingerprint density at radius 2 is 1.90 bits per heavy atom. The van der Waals surface area contributed by atoms with Gasteiger partial charge in [-0.15, -0.1) is 0 Å². The molecular formula is C26H28F3N5O4S. The molecule has 2 aliphatic rings. The van der Waals surface area contributed by atoms with Crippen LogP contribution in [0.1, 0.15) is 38.7 Å². The molecule has 1 spiro atoms. The summed E-state index contributed by atoms with van der Waals surface area (Å²) in [6.07, 6.45) is 5.09. The van der Waals surface area contributed by atoms with Gasteiger partial charge in [-0.25, -0.2) is 17.8 Å². The quantitative estimate of drug-likeness (QED) is 0.376. The van der Waals surface area contributed by atoms with Gasteiger partial charge in [-0.3, -0.25) is 14.5 Å². The highest BCUT2D eigenvalue weighted by Crippen LogP contribution is 2.55. The topological polar surface area (TPSA) is 114 Å². The van der Waals surface area contributed by atoms with Crippen LogP contribution in [0.15, 0.2) is 30.6 Å². The van der Waals surface area contributed by atoms with E-state index in [9.17, 15) is 22.0 Å². The van der Waals surface area contributed by atoms with Gasteiger partial charge in [0.05, 0.1) is 22.8 Å². The predicted octanol–water partition coefficient (Wildman–Crippen LogP) is 4.18. The SMILES string of the molecule is CC(C)NCCOc1ncc(-c2cc3c4c(cnc3cc2F)N(C)C(=O)C42CCC2)cc1NS(=O)(=O)C(F)F. The van der Waals surface area contributed by atoms with Gasteiger partial charge in [-0.05, 0) is 25.0 Å². The lowest BCUT2D eigenvalue weighted by molar-refractivity contribution is -0.125. The summed E-state index contributed by atoms with van der Waals surface area (Å²) in [4.78, 5) is 23.2. The van der Waals surface area contributed by atoms with Crippen LogP contribution in [0, 0.1) is 5.82 Å². The first-order valence-electron chi connectivity index (χ1n) is 12.5. The van der Waals surface area contributed by atoms with Crippen molar-refractivity contribution in [3.05, 3.63) is 42.0 Å². The maximum atomic E-state index is 15.4. The summed E-state index contributed by atoms with van der Waals surface area (Å²) in [6.45, 7) is 4.34. The molecule has 0 bridgehead atoms. The van der Waals surface area contributed by atoms with E-state index in [0.717, 1.165) is 12.0 Å². The number of aromatic nitrogens is 2. The van der Waals surface area contributed by atoms with Gasteiger partial charge in [-0.2, -0.15) is 8.78 Å². The number of nitrogens with one attached hydrogen (secondary N) is 2. The number of nitrogens with zero attached hydrogens (tertiary/aromatic N) is 3. The molecule has 0 atom stereocenters. The van der Waals surface area contributed by atoms with E-state index in [1.54, 1.807) is 24.2 Å². The second-order valence-corrected chi connectivity index (χ2v) is 11.8. The van der Waals surface area contributed by atoms with Crippen LogP contribution in [-0.2, 0) is 20.2 Å². The number of likely N-dealkylation sites (N-methyl/N-ethyl adjacent to an activating group) is 1. The minimum Gasteiger partial charge on any atom is -0.475 e. The van der Waals surface area contributed by atoms with Crippen LogP contribution < -0.4 is 19.7 Å². The third-order valence-corrected chi connectivity index (χ3v) is 8.21. The van der Waals surface area contributed by atoms with Crippen molar-refractivity contribution in [3.8, 4) is 17.0 Å². The number of fused-ring (bicyclic) bond motifs is 4. The Bertz CT molecular complexity index is 1560. The van der Waals surface area contributed by atoms with E-state index in [4.69, 9.17) is 4.74 Å². The van der Waals surface area contributed by atoms with Crippen LogP contribution in [0.4, 0.5) is 24.5 Å². The van der Waals surface area contributed by atoms with Crippen LogP contribution in [0.5, 0.6) is 5.88 Å². The lowest BCUT2D eigenvalue weighted by atomic mass is 9.64. The number of halogens is 3. The monoisotopic (exact) mass is 563 g/mol. The highest BCUT2D eigenvalue weighted by Gasteiger charge is 2.54. The van der Waals surface area contributed by atoms with Crippen molar-refractivity contribution in [2.45, 2.75) is 50.3 Å². The minimum atomic E-state index is -5.06. The molecule has 1 saturated carbocycles. The van der Waals surface area contributed by atoms with Gasteiger partial charge in [0.15, 0.2) is 0 Å². The van der Waals surface area contributed by atoms with Crippen molar-refractivity contribution in [3.63, 3.8) is 0 Å². The van der Waals surface area contributed by atoms with Crippen LogP contribution in [0.2, 0.25) is 0 Å². The molecule has 1 amide bonds. The number of benzene rings is 1. The molecule has 39 heavy (non-hydrogen) atoms. The Hall–Kier alpha value is -3.45. The number of ether oxygens (including phenoxy) is 1. The Balaban J connectivity index is 1.60. The van der Waals surface area contributed by atoms with Crippen LogP contribution in [-0.4, -0.2) is 56.3 Å². The van der Waals surface area contributed by atoms with Gasteiger partial charge in [0, 0.05) is 54.0 Å². The molecule has 1 aliphatic carbocycles. The minimum absolute atomic E-state index is 0.0252. The number of amides is 1. The molecule has 0 saturated heterocycles. The van der Waals surface area contributed by atoms with Crippen molar-refractivity contribution < 1.29 is 31.1 Å². The predicted molar refractivity (Wildman–Crippen MR) is 141 cm³/mol. The third kappa shape index (κ3) is 4.67. The lowest BCUT2D eigenvalue weighted by Crippen LogP contribution is -2.43. The molecule has 1 fully saturated rings. The molecule has 0 unspecified atom stereocenters. The zero-order valence-corrected chi connectivity index (χ0v) is 22.4. The smallest absolute Gasteiger partial charge is 0.355 e. The van der Waals surface area contributed by atoms with E-state index in [0.29, 0.717) is 36.0 Å². The van der Waals surface area contributed by atoms with E-state index < -0.39 is 27.0 Å². The molecule has 13 heteroatoms. The molecule has 1 aliphatic heterocycles. The Morgan fingerprint density at radius 1 is 1.15 bits per heavy atom. The average molecular weight is 564 g/mol. The number of alkyl halides is 2. The van der Waals surface area contributed by atoms with E-state index in [-0.39, 0.29) is 41.3 Å². The van der Waals surface area contributed by atoms with Gasteiger partial charge >= 0.3 is 5.76 Å². The summed E-state index contributed by atoms with van der Waals surface area (Å²) in [7, 11) is -3.37. The van der Waals surface area contributed by atoms with Gasteiger partial charge in [0.25, 0.3) is 10.0 Å². The Morgan fingerprint density at radius 3 is 2.54 bits per heavy atom. The molecule has 5 rings (SSSR count). The first-order chi connectivity index (χ1) is 18.4.